The molecule has 0 heterocycles. The SMILES string of the molecule is CCN(CC)c1ccc(/C=N/NC(=O)COc2ccc(-c3ccccc3)cc2)cc1. The summed E-state index contributed by atoms with van der Waals surface area (Å²) in [4.78, 5) is 14.2. The Bertz CT molecular complexity index is 948. The third kappa shape index (κ3) is 5.95. The van der Waals surface area contributed by atoms with Gasteiger partial charge in [-0.15, -0.1) is 0 Å². The smallest absolute Gasteiger partial charge is 0.277 e. The van der Waals surface area contributed by atoms with Gasteiger partial charge in [0.2, 0.25) is 0 Å². The van der Waals surface area contributed by atoms with E-state index >= 15 is 0 Å². The summed E-state index contributed by atoms with van der Waals surface area (Å²) in [6.45, 7) is 6.11. The van der Waals surface area contributed by atoms with E-state index in [1.165, 1.54) is 5.69 Å². The molecule has 0 unspecified atom stereocenters. The molecule has 5 nitrogen and oxygen atoms in total. The monoisotopic (exact) mass is 401 g/mol. The Labute approximate surface area is 178 Å². The van der Waals surface area contributed by atoms with Gasteiger partial charge in [0.1, 0.15) is 5.75 Å². The van der Waals surface area contributed by atoms with Crippen LogP contribution in [0.2, 0.25) is 0 Å². The van der Waals surface area contributed by atoms with Crippen LogP contribution in [0.5, 0.6) is 5.75 Å². The first-order chi connectivity index (χ1) is 14.7. The summed E-state index contributed by atoms with van der Waals surface area (Å²) in [5, 5.41) is 4.00. The minimum atomic E-state index is -0.307. The number of hydrogen-bond acceptors (Lipinski definition) is 4. The molecule has 154 valence electrons. The summed E-state index contributed by atoms with van der Waals surface area (Å²) in [7, 11) is 0. The lowest BCUT2D eigenvalue weighted by Gasteiger charge is -2.20. The summed E-state index contributed by atoms with van der Waals surface area (Å²) in [6, 6.07) is 25.8. The van der Waals surface area contributed by atoms with E-state index in [4.69, 9.17) is 4.74 Å². The lowest BCUT2D eigenvalue weighted by atomic mass is 10.1. The molecule has 0 radical (unpaired) electrons. The van der Waals surface area contributed by atoms with Crippen molar-refractivity contribution in [3.63, 3.8) is 0 Å². The second-order valence-electron chi connectivity index (χ2n) is 6.74. The first-order valence-corrected chi connectivity index (χ1v) is 10.1. The molecule has 3 rings (SSSR count). The van der Waals surface area contributed by atoms with Crippen LogP contribution in [0.25, 0.3) is 11.1 Å². The van der Waals surface area contributed by atoms with E-state index < -0.39 is 0 Å². The molecule has 3 aromatic carbocycles. The number of nitrogens with one attached hydrogen (secondary N) is 1. The average Bonchev–Trinajstić information content (AvgIpc) is 2.80. The van der Waals surface area contributed by atoms with Crippen molar-refractivity contribution in [1.29, 1.82) is 0 Å². The molecule has 0 aliphatic carbocycles. The summed E-state index contributed by atoms with van der Waals surface area (Å²) in [5.41, 5.74) is 6.83. The van der Waals surface area contributed by atoms with E-state index in [0.29, 0.717) is 5.75 Å². The Morgan fingerprint density at radius 3 is 2.17 bits per heavy atom. The fraction of sp³-hybridized carbons (Fsp3) is 0.200. The maximum absolute atomic E-state index is 12.0. The second kappa shape index (κ2) is 10.8. The third-order valence-electron chi connectivity index (χ3n) is 4.76. The van der Waals surface area contributed by atoms with Crippen LogP contribution in [0.15, 0.2) is 84.0 Å². The first kappa shape index (κ1) is 21.1. The van der Waals surface area contributed by atoms with Crippen LogP contribution in [0, 0.1) is 0 Å². The maximum atomic E-state index is 12.0. The number of carbonyl (C=O) groups is 1. The number of anilines is 1. The lowest BCUT2D eigenvalue weighted by molar-refractivity contribution is -0.123. The van der Waals surface area contributed by atoms with E-state index in [1.807, 2.05) is 54.6 Å². The van der Waals surface area contributed by atoms with Crippen LogP contribution in [0.3, 0.4) is 0 Å². The Balaban J connectivity index is 1.45. The van der Waals surface area contributed by atoms with E-state index in [1.54, 1.807) is 6.21 Å². The molecule has 1 N–H and O–H groups in total. The molecule has 3 aromatic rings. The number of rotatable bonds is 9. The van der Waals surface area contributed by atoms with Crippen LogP contribution in [-0.4, -0.2) is 31.8 Å². The highest BCUT2D eigenvalue weighted by Gasteiger charge is 2.03. The Morgan fingerprint density at radius 2 is 1.53 bits per heavy atom. The van der Waals surface area contributed by atoms with Crippen molar-refractivity contribution in [2.75, 3.05) is 24.6 Å². The molecule has 1 amide bonds. The molecular weight excluding hydrogens is 374 g/mol. The van der Waals surface area contributed by atoms with Gasteiger partial charge in [-0.25, -0.2) is 5.43 Å². The molecule has 0 aliphatic heterocycles. The van der Waals surface area contributed by atoms with Crippen molar-refractivity contribution >= 4 is 17.8 Å². The molecule has 0 aromatic heterocycles. The normalized spacial score (nSPS) is 10.7. The number of hydrogen-bond donors (Lipinski definition) is 1. The van der Waals surface area contributed by atoms with Crippen LogP contribution >= 0.6 is 0 Å². The number of nitrogens with zero attached hydrogens (tertiary/aromatic N) is 2. The standard InChI is InChI=1S/C25H27N3O2/c1-3-28(4-2)23-14-10-20(11-15-23)18-26-27-25(29)19-30-24-16-12-22(13-17-24)21-8-6-5-7-9-21/h5-18H,3-4,19H2,1-2H3,(H,27,29)/b26-18+. The highest BCUT2D eigenvalue weighted by Crippen LogP contribution is 2.22. The zero-order valence-electron chi connectivity index (χ0n) is 17.4. The molecule has 0 bridgehead atoms. The van der Waals surface area contributed by atoms with Gasteiger partial charge in [0.25, 0.3) is 5.91 Å². The number of hydrazone groups is 1. The van der Waals surface area contributed by atoms with Gasteiger partial charge in [-0.3, -0.25) is 4.79 Å². The minimum Gasteiger partial charge on any atom is -0.484 e. The average molecular weight is 402 g/mol. The van der Waals surface area contributed by atoms with Crippen molar-refractivity contribution in [1.82, 2.24) is 5.43 Å². The van der Waals surface area contributed by atoms with Crippen LogP contribution in [0.1, 0.15) is 19.4 Å². The fourth-order valence-electron chi connectivity index (χ4n) is 3.09. The predicted molar refractivity (Wildman–Crippen MR) is 123 cm³/mol. The molecule has 0 saturated carbocycles. The number of amides is 1. The molecule has 0 atom stereocenters. The van der Waals surface area contributed by atoms with Gasteiger partial charge < -0.3 is 9.64 Å². The molecule has 30 heavy (non-hydrogen) atoms. The maximum Gasteiger partial charge on any atom is 0.277 e. The Morgan fingerprint density at radius 1 is 0.900 bits per heavy atom. The summed E-state index contributed by atoms with van der Waals surface area (Å²) in [5.74, 6) is 0.332. The molecule has 5 heteroatoms. The summed E-state index contributed by atoms with van der Waals surface area (Å²) < 4.78 is 5.54. The largest absolute Gasteiger partial charge is 0.484 e. The van der Waals surface area contributed by atoms with E-state index in [2.05, 4.69) is 53.5 Å². The van der Waals surface area contributed by atoms with Crippen molar-refractivity contribution < 1.29 is 9.53 Å². The number of benzene rings is 3. The van der Waals surface area contributed by atoms with Crippen molar-refractivity contribution in [2.45, 2.75) is 13.8 Å². The second-order valence-corrected chi connectivity index (χ2v) is 6.74. The predicted octanol–water partition coefficient (Wildman–Crippen LogP) is 4.73. The van der Waals surface area contributed by atoms with Crippen molar-refractivity contribution in [2.24, 2.45) is 5.10 Å². The topological polar surface area (TPSA) is 53.9 Å². The third-order valence-corrected chi connectivity index (χ3v) is 4.76. The zero-order chi connectivity index (χ0) is 21.2. The van der Waals surface area contributed by atoms with Gasteiger partial charge in [-0.1, -0.05) is 54.6 Å². The fourth-order valence-corrected chi connectivity index (χ4v) is 3.09. The summed E-state index contributed by atoms with van der Waals surface area (Å²) >= 11 is 0. The highest BCUT2D eigenvalue weighted by atomic mass is 16.5. The zero-order valence-corrected chi connectivity index (χ0v) is 17.4. The number of carbonyl (C=O) groups excluding carboxylic acids is 1. The highest BCUT2D eigenvalue weighted by molar-refractivity contribution is 5.83. The van der Waals surface area contributed by atoms with Crippen molar-refractivity contribution in [3.8, 4) is 16.9 Å². The molecule has 0 saturated heterocycles. The van der Waals surface area contributed by atoms with Gasteiger partial charge in [-0.2, -0.15) is 5.10 Å². The minimum absolute atomic E-state index is 0.0943. The van der Waals surface area contributed by atoms with Crippen LogP contribution < -0.4 is 15.1 Å². The quantitative estimate of drug-likeness (QED) is 0.417. The van der Waals surface area contributed by atoms with Crippen LogP contribution in [0.4, 0.5) is 5.69 Å². The van der Waals surface area contributed by atoms with E-state index in [9.17, 15) is 4.79 Å². The van der Waals surface area contributed by atoms with Gasteiger partial charge in [-0.05, 0) is 54.8 Å². The Hall–Kier alpha value is -3.60. The Kier molecular flexibility index (Phi) is 7.61. The molecular formula is C25H27N3O2. The number of ether oxygens (including phenoxy) is 1. The first-order valence-electron chi connectivity index (χ1n) is 10.1. The van der Waals surface area contributed by atoms with Crippen LogP contribution in [-0.2, 0) is 4.79 Å². The molecule has 0 spiro atoms. The van der Waals surface area contributed by atoms with Crippen molar-refractivity contribution in [3.05, 3.63) is 84.4 Å². The van der Waals surface area contributed by atoms with E-state index in [-0.39, 0.29) is 12.5 Å². The van der Waals surface area contributed by atoms with Gasteiger partial charge in [0.05, 0.1) is 6.21 Å². The van der Waals surface area contributed by atoms with Gasteiger partial charge in [0.15, 0.2) is 6.61 Å². The van der Waals surface area contributed by atoms with Gasteiger partial charge >= 0.3 is 0 Å². The lowest BCUT2D eigenvalue weighted by Crippen LogP contribution is -2.24. The molecule has 0 fully saturated rings. The molecule has 0 aliphatic rings. The van der Waals surface area contributed by atoms with Gasteiger partial charge in [0, 0.05) is 18.8 Å². The van der Waals surface area contributed by atoms with E-state index in [0.717, 1.165) is 29.8 Å². The summed E-state index contributed by atoms with van der Waals surface area (Å²) in [6.07, 6.45) is 1.62.